The Labute approximate surface area is 175 Å². The molecule has 0 spiro atoms. The van der Waals surface area contributed by atoms with Gasteiger partial charge in [0.2, 0.25) is 10.0 Å². The Balaban J connectivity index is 1.70. The van der Waals surface area contributed by atoms with Gasteiger partial charge in [0.05, 0.1) is 23.0 Å². The molecule has 4 rings (SSSR count). The molecule has 3 aromatic rings. The Bertz CT molecular complexity index is 1180. The van der Waals surface area contributed by atoms with Crippen LogP contribution >= 0.6 is 0 Å². The van der Waals surface area contributed by atoms with Crippen LogP contribution in [-0.4, -0.2) is 24.9 Å². The molecule has 0 atom stereocenters. The van der Waals surface area contributed by atoms with Crippen molar-refractivity contribution in [2.75, 3.05) is 12.3 Å². The summed E-state index contributed by atoms with van der Waals surface area (Å²) in [6.07, 6.45) is 6.00. The lowest BCUT2D eigenvalue weighted by Gasteiger charge is -2.25. The van der Waals surface area contributed by atoms with Crippen molar-refractivity contribution in [1.82, 2.24) is 14.7 Å². The number of hydrogen-bond donors (Lipinski definition) is 2. The third-order valence-electron chi connectivity index (χ3n) is 5.44. The van der Waals surface area contributed by atoms with Gasteiger partial charge in [0.15, 0.2) is 0 Å². The molecule has 0 bridgehead atoms. The van der Waals surface area contributed by atoms with Gasteiger partial charge < -0.3 is 5.73 Å². The molecule has 1 aliphatic carbocycles. The number of hydrogen-bond acceptors (Lipinski definition) is 5. The minimum atomic E-state index is -3.72. The number of aromatic nitrogens is 2. The van der Waals surface area contributed by atoms with E-state index >= 15 is 0 Å². The third kappa shape index (κ3) is 4.20. The number of aryl methyl sites for hydroxylation is 1. The number of nitrogen functional groups attached to an aromatic ring is 1. The lowest BCUT2D eigenvalue weighted by Crippen LogP contribution is -2.32. The van der Waals surface area contributed by atoms with E-state index in [1.807, 2.05) is 6.92 Å². The zero-order valence-electron chi connectivity index (χ0n) is 16.6. The summed E-state index contributed by atoms with van der Waals surface area (Å²) < 4.78 is 43.5. The van der Waals surface area contributed by atoms with E-state index in [2.05, 4.69) is 14.7 Å². The van der Waals surface area contributed by atoms with Gasteiger partial charge in [0, 0.05) is 17.7 Å². The first-order valence-corrected chi connectivity index (χ1v) is 11.3. The summed E-state index contributed by atoms with van der Waals surface area (Å²) in [5, 5.41) is 0. The Morgan fingerprint density at radius 1 is 1.10 bits per heavy atom. The number of nitrogens with two attached hydrogens (primary N) is 1. The predicted molar refractivity (Wildman–Crippen MR) is 115 cm³/mol. The normalized spacial score (nSPS) is 14.5. The first-order chi connectivity index (χ1) is 14.3. The summed E-state index contributed by atoms with van der Waals surface area (Å²) in [4.78, 5) is 8.19. The fraction of sp³-hybridized carbons (Fsp3) is 0.273. The number of halogens is 1. The highest BCUT2D eigenvalue weighted by Crippen LogP contribution is 2.32. The smallest absolute Gasteiger partial charge is 0.241 e. The second-order valence-electron chi connectivity index (χ2n) is 7.67. The first-order valence-electron chi connectivity index (χ1n) is 9.81. The molecule has 3 N–H and O–H groups in total. The van der Waals surface area contributed by atoms with Crippen LogP contribution in [0.25, 0.3) is 22.4 Å². The highest BCUT2D eigenvalue weighted by atomic mass is 32.2. The Morgan fingerprint density at radius 2 is 1.90 bits per heavy atom. The van der Waals surface area contributed by atoms with E-state index in [0.29, 0.717) is 29.3 Å². The summed E-state index contributed by atoms with van der Waals surface area (Å²) >= 11 is 0. The minimum Gasteiger partial charge on any atom is -0.382 e. The van der Waals surface area contributed by atoms with Crippen molar-refractivity contribution in [1.29, 1.82) is 0 Å². The Kier molecular flexibility index (Phi) is 5.53. The minimum absolute atomic E-state index is 0.145. The number of rotatable bonds is 6. The number of nitrogens with zero attached hydrogens (tertiary/aromatic N) is 2. The molecule has 0 radical (unpaired) electrons. The van der Waals surface area contributed by atoms with Gasteiger partial charge in [-0.3, -0.25) is 4.98 Å². The lowest BCUT2D eigenvalue weighted by atomic mass is 9.86. The van der Waals surface area contributed by atoms with E-state index in [1.165, 1.54) is 18.5 Å². The largest absolute Gasteiger partial charge is 0.382 e. The molecule has 1 aliphatic rings. The number of benzene rings is 2. The highest BCUT2D eigenvalue weighted by Gasteiger charge is 2.24. The van der Waals surface area contributed by atoms with Gasteiger partial charge in [-0.15, -0.1) is 0 Å². The Hall–Kier alpha value is -2.84. The van der Waals surface area contributed by atoms with Gasteiger partial charge in [-0.1, -0.05) is 30.2 Å². The van der Waals surface area contributed by atoms with Crippen LogP contribution in [0.15, 0.2) is 53.7 Å². The van der Waals surface area contributed by atoms with Crippen molar-refractivity contribution in [2.45, 2.75) is 31.1 Å². The van der Waals surface area contributed by atoms with E-state index in [0.717, 1.165) is 24.8 Å². The monoisotopic (exact) mass is 426 g/mol. The maximum atomic E-state index is 14.9. The van der Waals surface area contributed by atoms with Gasteiger partial charge in [0.25, 0.3) is 0 Å². The summed E-state index contributed by atoms with van der Waals surface area (Å²) in [6.45, 7) is 2.30. The molecule has 1 fully saturated rings. The summed E-state index contributed by atoms with van der Waals surface area (Å²) in [5.74, 6) is 0.130. The van der Waals surface area contributed by atoms with Crippen LogP contribution in [0, 0.1) is 18.7 Å². The SMILES string of the molecule is Cc1ccc(S(=O)(=O)NCC2CCC2)c(-c2ccc(-c3cnc(N)cn3)c(F)c2)c1. The van der Waals surface area contributed by atoms with E-state index in [-0.39, 0.29) is 16.3 Å². The molecule has 156 valence electrons. The van der Waals surface area contributed by atoms with Gasteiger partial charge in [-0.25, -0.2) is 22.5 Å². The molecule has 2 aromatic carbocycles. The van der Waals surface area contributed by atoms with Crippen LogP contribution in [0.1, 0.15) is 24.8 Å². The van der Waals surface area contributed by atoms with Crippen LogP contribution < -0.4 is 10.5 Å². The second-order valence-corrected chi connectivity index (χ2v) is 9.40. The van der Waals surface area contributed by atoms with Crippen LogP contribution in [0.5, 0.6) is 0 Å². The molecular formula is C22H23FN4O2S. The summed E-state index contributed by atoms with van der Waals surface area (Å²) in [7, 11) is -3.72. The van der Waals surface area contributed by atoms with Gasteiger partial charge in [-0.05, 0) is 49.4 Å². The molecule has 0 unspecified atom stereocenters. The van der Waals surface area contributed by atoms with Crippen molar-refractivity contribution in [3.63, 3.8) is 0 Å². The van der Waals surface area contributed by atoms with Crippen molar-refractivity contribution in [2.24, 2.45) is 5.92 Å². The molecule has 0 aliphatic heterocycles. The molecule has 1 aromatic heterocycles. The number of nitrogens with one attached hydrogen (secondary N) is 1. The van der Waals surface area contributed by atoms with E-state index in [1.54, 1.807) is 30.3 Å². The number of anilines is 1. The highest BCUT2D eigenvalue weighted by molar-refractivity contribution is 7.89. The average Bonchev–Trinajstić information content (AvgIpc) is 2.67. The van der Waals surface area contributed by atoms with Crippen molar-refractivity contribution in [3.05, 3.63) is 60.2 Å². The van der Waals surface area contributed by atoms with Gasteiger partial charge in [0.1, 0.15) is 11.6 Å². The maximum Gasteiger partial charge on any atom is 0.241 e. The maximum absolute atomic E-state index is 14.9. The molecule has 6 nitrogen and oxygen atoms in total. The van der Waals surface area contributed by atoms with E-state index < -0.39 is 15.8 Å². The molecule has 30 heavy (non-hydrogen) atoms. The third-order valence-corrected chi connectivity index (χ3v) is 6.92. The van der Waals surface area contributed by atoms with Crippen LogP contribution in [0.4, 0.5) is 10.2 Å². The van der Waals surface area contributed by atoms with Gasteiger partial charge >= 0.3 is 0 Å². The topological polar surface area (TPSA) is 98.0 Å². The van der Waals surface area contributed by atoms with Crippen molar-refractivity contribution < 1.29 is 12.8 Å². The van der Waals surface area contributed by atoms with Crippen molar-refractivity contribution >= 4 is 15.8 Å². The van der Waals surface area contributed by atoms with Crippen LogP contribution in [0.2, 0.25) is 0 Å². The predicted octanol–water partition coefficient (Wildman–Crippen LogP) is 3.92. The summed E-state index contributed by atoms with van der Waals surface area (Å²) in [5.41, 5.74) is 7.99. The Morgan fingerprint density at radius 3 is 2.53 bits per heavy atom. The zero-order chi connectivity index (χ0) is 21.3. The quantitative estimate of drug-likeness (QED) is 0.623. The van der Waals surface area contributed by atoms with E-state index in [4.69, 9.17) is 5.73 Å². The van der Waals surface area contributed by atoms with E-state index in [9.17, 15) is 12.8 Å². The standard InChI is InChI=1S/C22H23FN4O2S/c1-14-5-8-21(30(28,29)27-11-15-3-2-4-15)18(9-14)16-6-7-17(19(23)10-16)20-12-26-22(24)13-25-20/h5-10,12-13,15,27H,2-4,11H2,1H3,(H2,24,26). The second kappa shape index (κ2) is 8.12. The molecule has 1 saturated carbocycles. The molecule has 0 saturated heterocycles. The van der Waals surface area contributed by atoms with Gasteiger partial charge in [-0.2, -0.15) is 0 Å². The van der Waals surface area contributed by atoms with Crippen molar-refractivity contribution in [3.8, 4) is 22.4 Å². The molecule has 0 amide bonds. The average molecular weight is 427 g/mol. The van der Waals surface area contributed by atoms with Crippen LogP contribution in [-0.2, 0) is 10.0 Å². The fourth-order valence-corrected chi connectivity index (χ4v) is 4.80. The summed E-state index contributed by atoms with van der Waals surface area (Å²) in [6, 6.07) is 9.67. The van der Waals surface area contributed by atoms with Crippen LogP contribution in [0.3, 0.4) is 0 Å². The molecule has 8 heteroatoms. The fourth-order valence-electron chi connectivity index (χ4n) is 3.47. The lowest BCUT2D eigenvalue weighted by molar-refractivity contribution is 0.316. The molecule has 1 heterocycles. The number of sulfonamides is 1. The first kappa shape index (κ1) is 20.4. The zero-order valence-corrected chi connectivity index (χ0v) is 17.4. The molecular weight excluding hydrogens is 403 g/mol.